The molecule has 0 bridgehead atoms. The molecule has 0 spiro atoms. The number of amides is 1. The lowest BCUT2D eigenvalue weighted by Crippen LogP contribution is -2.42. The van der Waals surface area contributed by atoms with Crippen molar-refractivity contribution < 1.29 is 9.53 Å². The van der Waals surface area contributed by atoms with Crippen molar-refractivity contribution in [1.29, 1.82) is 0 Å². The Balaban J connectivity index is 1.52. The number of anilines is 1. The van der Waals surface area contributed by atoms with E-state index in [1.807, 2.05) is 42.6 Å². The highest BCUT2D eigenvalue weighted by atomic mass is 32.1. The van der Waals surface area contributed by atoms with Crippen LogP contribution < -0.4 is 10.1 Å². The van der Waals surface area contributed by atoms with Crippen LogP contribution in [0.5, 0.6) is 5.75 Å². The van der Waals surface area contributed by atoms with Crippen LogP contribution in [0.4, 0.5) is 5.13 Å². The number of nitrogens with zero attached hydrogens (tertiary/aromatic N) is 1. The summed E-state index contributed by atoms with van der Waals surface area (Å²) in [6, 6.07) is 18.2. The smallest absolute Gasteiger partial charge is 0.236 e. The van der Waals surface area contributed by atoms with Crippen LogP contribution in [0.25, 0.3) is 0 Å². The predicted octanol–water partition coefficient (Wildman–Crippen LogP) is 5.58. The fourth-order valence-electron chi connectivity index (χ4n) is 4.26. The summed E-state index contributed by atoms with van der Waals surface area (Å²) in [6.07, 6.45) is 7.73. The highest BCUT2D eigenvalue weighted by Gasteiger charge is 2.41. The third-order valence-corrected chi connectivity index (χ3v) is 6.71. The Bertz CT molecular complexity index is 962. The SMILES string of the molecule is COc1ccccc1Cc1cnc(NC(=O)C2(c3ccccc3)CCCCC2)s1. The van der Waals surface area contributed by atoms with E-state index >= 15 is 0 Å². The topological polar surface area (TPSA) is 51.2 Å². The van der Waals surface area contributed by atoms with Crippen molar-refractivity contribution in [1.82, 2.24) is 4.98 Å². The Morgan fingerprint density at radius 2 is 1.79 bits per heavy atom. The number of benzene rings is 2. The monoisotopic (exact) mass is 406 g/mol. The van der Waals surface area contributed by atoms with Crippen LogP contribution in [-0.4, -0.2) is 18.0 Å². The number of carbonyl (C=O) groups excluding carboxylic acids is 1. The quantitative estimate of drug-likeness (QED) is 0.581. The van der Waals surface area contributed by atoms with Gasteiger partial charge < -0.3 is 10.1 Å². The number of thiazole rings is 1. The number of hydrogen-bond acceptors (Lipinski definition) is 4. The van der Waals surface area contributed by atoms with Gasteiger partial charge in [-0.25, -0.2) is 4.98 Å². The standard InChI is InChI=1S/C24H26N2O2S/c1-28-21-13-7-6-10-18(21)16-20-17-25-23(29-20)26-22(27)24(14-8-3-9-15-24)19-11-4-2-5-12-19/h2,4-7,10-13,17H,3,8-9,14-16H2,1H3,(H,25,26,27). The number of methoxy groups -OCH3 is 1. The minimum absolute atomic E-state index is 0.0709. The van der Waals surface area contributed by atoms with Crippen LogP contribution in [0.1, 0.15) is 48.1 Å². The molecule has 2 aromatic carbocycles. The summed E-state index contributed by atoms with van der Waals surface area (Å²) >= 11 is 1.53. The number of para-hydroxylation sites is 1. The van der Waals surface area contributed by atoms with E-state index in [2.05, 4.69) is 28.5 Å². The molecule has 1 aliphatic carbocycles. The maximum Gasteiger partial charge on any atom is 0.236 e. The molecule has 5 heteroatoms. The maximum atomic E-state index is 13.4. The van der Waals surface area contributed by atoms with Gasteiger partial charge in [0.25, 0.3) is 0 Å². The molecule has 29 heavy (non-hydrogen) atoms. The Labute approximate surface area is 176 Å². The van der Waals surface area contributed by atoms with Gasteiger partial charge in [0.05, 0.1) is 12.5 Å². The van der Waals surface area contributed by atoms with Crippen LogP contribution in [0.2, 0.25) is 0 Å². The molecule has 4 rings (SSSR count). The molecule has 0 radical (unpaired) electrons. The Hall–Kier alpha value is -2.66. The molecule has 1 amide bonds. The van der Waals surface area contributed by atoms with E-state index in [1.165, 1.54) is 17.8 Å². The molecule has 1 N–H and O–H groups in total. The van der Waals surface area contributed by atoms with Crippen molar-refractivity contribution in [3.05, 3.63) is 76.8 Å². The molecule has 1 aromatic heterocycles. The second kappa shape index (κ2) is 8.78. The number of hydrogen-bond donors (Lipinski definition) is 1. The second-order valence-electron chi connectivity index (χ2n) is 7.58. The van der Waals surface area contributed by atoms with Crippen molar-refractivity contribution in [2.45, 2.75) is 43.9 Å². The highest BCUT2D eigenvalue weighted by molar-refractivity contribution is 7.15. The molecule has 150 valence electrons. The van der Waals surface area contributed by atoms with E-state index in [4.69, 9.17) is 4.74 Å². The van der Waals surface area contributed by atoms with Gasteiger partial charge in [0.2, 0.25) is 5.91 Å². The first-order valence-electron chi connectivity index (χ1n) is 10.1. The lowest BCUT2D eigenvalue weighted by atomic mass is 9.69. The van der Waals surface area contributed by atoms with E-state index in [0.717, 1.165) is 53.9 Å². The summed E-state index contributed by atoms with van der Waals surface area (Å²) in [4.78, 5) is 19.0. The molecule has 1 fully saturated rings. The summed E-state index contributed by atoms with van der Waals surface area (Å²) < 4.78 is 5.44. The van der Waals surface area contributed by atoms with E-state index in [0.29, 0.717) is 5.13 Å². The van der Waals surface area contributed by atoms with E-state index in [1.54, 1.807) is 7.11 Å². The number of carbonyl (C=O) groups is 1. The molecular weight excluding hydrogens is 380 g/mol. The normalized spacial score (nSPS) is 15.6. The second-order valence-corrected chi connectivity index (χ2v) is 8.70. The van der Waals surface area contributed by atoms with Crippen LogP contribution >= 0.6 is 11.3 Å². The molecule has 3 aromatic rings. The van der Waals surface area contributed by atoms with E-state index in [-0.39, 0.29) is 5.91 Å². The van der Waals surface area contributed by atoms with Crippen LogP contribution in [-0.2, 0) is 16.6 Å². The minimum atomic E-state index is -0.450. The summed E-state index contributed by atoms with van der Waals surface area (Å²) in [5, 5.41) is 3.79. The van der Waals surface area contributed by atoms with Crippen molar-refractivity contribution in [3.63, 3.8) is 0 Å². The molecule has 0 aliphatic heterocycles. The molecule has 0 saturated heterocycles. The zero-order valence-electron chi connectivity index (χ0n) is 16.7. The average molecular weight is 407 g/mol. The molecule has 0 atom stereocenters. The van der Waals surface area contributed by atoms with Gasteiger partial charge in [0.15, 0.2) is 5.13 Å². The summed E-state index contributed by atoms with van der Waals surface area (Å²) in [6.45, 7) is 0. The first kappa shape index (κ1) is 19.6. The fraction of sp³-hybridized carbons (Fsp3) is 0.333. The first-order valence-corrected chi connectivity index (χ1v) is 11.0. The van der Waals surface area contributed by atoms with Crippen LogP contribution in [0.3, 0.4) is 0 Å². The van der Waals surface area contributed by atoms with Gasteiger partial charge in [-0.15, -0.1) is 11.3 Å². The Morgan fingerprint density at radius 3 is 2.55 bits per heavy atom. The third kappa shape index (κ3) is 4.20. The number of nitrogens with one attached hydrogen (secondary N) is 1. The van der Waals surface area contributed by atoms with Crippen molar-refractivity contribution in [2.24, 2.45) is 0 Å². The molecule has 0 unspecified atom stereocenters. The number of rotatable bonds is 6. The first-order chi connectivity index (χ1) is 14.2. The molecule has 4 nitrogen and oxygen atoms in total. The fourth-order valence-corrected chi connectivity index (χ4v) is 5.09. The minimum Gasteiger partial charge on any atom is -0.496 e. The van der Waals surface area contributed by atoms with Crippen LogP contribution in [0.15, 0.2) is 60.8 Å². The van der Waals surface area contributed by atoms with Gasteiger partial charge in [0.1, 0.15) is 5.75 Å². The molecule has 1 saturated carbocycles. The lowest BCUT2D eigenvalue weighted by molar-refractivity contribution is -0.122. The van der Waals surface area contributed by atoms with E-state index < -0.39 is 5.41 Å². The van der Waals surface area contributed by atoms with E-state index in [9.17, 15) is 4.79 Å². The molecule has 1 heterocycles. The predicted molar refractivity (Wildman–Crippen MR) is 118 cm³/mol. The molecule has 1 aliphatic rings. The summed E-state index contributed by atoms with van der Waals surface area (Å²) in [7, 11) is 1.68. The van der Waals surface area contributed by atoms with Crippen molar-refractivity contribution >= 4 is 22.4 Å². The molecular formula is C24H26N2O2S. The third-order valence-electron chi connectivity index (χ3n) is 5.80. The summed E-state index contributed by atoms with van der Waals surface area (Å²) in [5.74, 6) is 0.943. The summed E-state index contributed by atoms with van der Waals surface area (Å²) in [5.41, 5.74) is 1.78. The van der Waals surface area contributed by atoms with Crippen LogP contribution in [0, 0.1) is 0 Å². The number of ether oxygens (including phenoxy) is 1. The lowest BCUT2D eigenvalue weighted by Gasteiger charge is -2.36. The Morgan fingerprint density at radius 1 is 1.07 bits per heavy atom. The largest absolute Gasteiger partial charge is 0.496 e. The van der Waals surface area contributed by atoms with Gasteiger partial charge >= 0.3 is 0 Å². The van der Waals surface area contributed by atoms with Gasteiger partial charge in [-0.1, -0.05) is 67.8 Å². The van der Waals surface area contributed by atoms with Crippen molar-refractivity contribution in [2.75, 3.05) is 12.4 Å². The zero-order valence-corrected chi connectivity index (χ0v) is 17.5. The highest BCUT2D eigenvalue weighted by Crippen LogP contribution is 2.40. The Kier molecular flexibility index (Phi) is 5.95. The average Bonchev–Trinajstić information content (AvgIpc) is 3.22. The van der Waals surface area contributed by atoms with Gasteiger partial charge in [0, 0.05) is 17.5 Å². The maximum absolute atomic E-state index is 13.4. The number of aromatic nitrogens is 1. The van der Waals surface area contributed by atoms with Gasteiger partial charge in [-0.3, -0.25) is 4.79 Å². The van der Waals surface area contributed by atoms with Gasteiger partial charge in [-0.2, -0.15) is 0 Å². The van der Waals surface area contributed by atoms with Crippen molar-refractivity contribution in [3.8, 4) is 5.75 Å². The van der Waals surface area contributed by atoms with Gasteiger partial charge in [-0.05, 0) is 30.0 Å². The zero-order chi connectivity index (χ0) is 20.1.